The number of halogens is 1. The Hall–Kier alpha value is -4.08. The number of nitrogens with one attached hydrogen (secondary N) is 2. The van der Waals surface area contributed by atoms with E-state index in [9.17, 15) is 14.7 Å². The molecule has 1 aliphatic rings. The van der Waals surface area contributed by atoms with E-state index < -0.39 is 12.0 Å². The van der Waals surface area contributed by atoms with Crippen LogP contribution in [0.3, 0.4) is 0 Å². The Kier molecular flexibility index (Phi) is 6.98. The standard InChI is InChI=1S/C27H22ClN5O3S/c1-16-22(24(34)30-18-10-3-2-4-11-18)23(19-12-6-7-13-20(19)25(35)36)33-26(29-16)31-27(32-33)37-15-17-9-5-8-14-21(17)28/h2-14,23H,15H2,1H3,(H,30,34)(H,35,36)(H,29,31,32). The maximum absolute atomic E-state index is 13.6. The number of carbonyl (C=O) groups excluding carboxylic acids is 1. The van der Waals surface area contributed by atoms with E-state index in [-0.39, 0.29) is 11.5 Å². The third-order valence-corrected chi connectivity index (χ3v) is 7.17. The van der Waals surface area contributed by atoms with E-state index in [2.05, 4.69) is 20.7 Å². The average molecular weight is 532 g/mol. The number of hydrogen-bond acceptors (Lipinski definition) is 6. The van der Waals surface area contributed by atoms with E-state index in [0.717, 1.165) is 5.56 Å². The number of carbonyl (C=O) groups is 2. The third-order valence-electron chi connectivity index (χ3n) is 5.91. The SMILES string of the molecule is CC1=C(C(=O)Nc2ccccc2)C(c2ccccc2C(=O)O)n2nc(SCc3ccccc3Cl)nc2N1. The normalized spacial score (nSPS) is 14.6. The summed E-state index contributed by atoms with van der Waals surface area (Å²) in [7, 11) is 0. The Morgan fingerprint density at radius 1 is 1.05 bits per heavy atom. The highest BCUT2D eigenvalue weighted by atomic mass is 35.5. The number of fused-ring (bicyclic) bond motifs is 1. The zero-order valence-electron chi connectivity index (χ0n) is 19.7. The monoisotopic (exact) mass is 531 g/mol. The van der Waals surface area contributed by atoms with E-state index in [4.69, 9.17) is 11.6 Å². The van der Waals surface area contributed by atoms with Crippen LogP contribution in [0.15, 0.2) is 95.3 Å². The molecule has 0 fully saturated rings. The minimum atomic E-state index is -1.09. The highest BCUT2D eigenvalue weighted by molar-refractivity contribution is 7.98. The van der Waals surface area contributed by atoms with Crippen molar-refractivity contribution < 1.29 is 14.7 Å². The van der Waals surface area contributed by atoms with Gasteiger partial charge in [-0.1, -0.05) is 78.0 Å². The smallest absolute Gasteiger partial charge is 0.336 e. The van der Waals surface area contributed by atoms with Gasteiger partial charge in [-0.3, -0.25) is 4.79 Å². The summed E-state index contributed by atoms with van der Waals surface area (Å²) in [5, 5.41) is 21.8. The lowest BCUT2D eigenvalue weighted by molar-refractivity contribution is -0.113. The van der Waals surface area contributed by atoms with E-state index in [0.29, 0.717) is 44.4 Å². The van der Waals surface area contributed by atoms with Crippen molar-refractivity contribution in [2.75, 3.05) is 10.6 Å². The molecule has 0 bridgehead atoms. The number of amides is 1. The van der Waals surface area contributed by atoms with Gasteiger partial charge in [0.15, 0.2) is 0 Å². The van der Waals surface area contributed by atoms with Gasteiger partial charge in [0.05, 0.1) is 11.1 Å². The molecular weight excluding hydrogens is 510 g/mol. The van der Waals surface area contributed by atoms with Crippen LogP contribution >= 0.6 is 23.4 Å². The van der Waals surface area contributed by atoms with Gasteiger partial charge in [-0.25, -0.2) is 9.48 Å². The number of carboxylic acid groups (broad SMARTS) is 1. The first kappa shape index (κ1) is 24.6. The first-order valence-corrected chi connectivity index (χ1v) is 12.8. The number of anilines is 2. The molecule has 2 heterocycles. The number of aromatic nitrogens is 3. The molecule has 37 heavy (non-hydrogen) atoms. The molecule has 8 nitrogen and oxygen atoms in total. The number of allylic oxidation sites excluding steroid dienone is 1. The number of rotatable bonds is 7. The molecule has 1 aromatic heterocycles. The Morgan fingerprint density at radius 3 is 2.51 bits per heavy atom. The molecule has 3 N–H and O–H groups in total. The summed E-state index contributed by atoms with van der Waals surface area (Å²) in [6.07, 6.45) is 0. The first-order chi connectivity index (χ1) is 17.9. The first-order valence-electron chi connectivity index (χ1n) is 11.4. The summed E-state index contributed by atoms with van der Waals surface area (Å²) >= 11 is 7.70. The van der Waals surface area contributed by atoms with Crippen LogP contribution in [0.1, 0.15) is 34.5 Å². The van der Waals surface area contributed by atoms with Gasteiger partial charge in [0, 0.05) is 22.2 Å². The lowest BCUT2D eigenvalue weighted by atomic mass is 9.91. The van der Waals surface area contributed by atoms with Crippen LogP contribution < -0.4 is 10.6 Å². The van der Waals surface area contributed by atoms with E-state index in [1.165, 1.54) is 17.8 Å². The van der Waals surface area contributed by atoms with Gasteiger partial charge in [0.1, 0.15) is 6.04 Å². The van der Waals surface area contributed by atoms with Crippen molar-refractivity contribution >= 4 is 46.9 Å². The zero-order valence-corrected chi connectivity index (χ0v) is 21.3. The summed E-state index contributed by atoms with van der Waals surface area (Å²) < 4.78 is 1.57. The fourth-order valence-corrected chi connectivity index (χ4v) is 5.30. The number of thioether (sulfide) groups is 1. The molecule has 1 aliphatic heterocycles. The van der Waals surface area contributed by atoms with Gasteiger partial charge >= 0.3 is 5.97 Å². The van der Waals surface area contributed by atoms with Gasteiger partial charge in [0.25, 0.3) is 5.91 Å². The molecule has 0 saturated carbocycles. The molecule has 186 valence electrons. The van der Waals surface area contributed by atoms with Gasteiger partial charge in [-0.15, -0.1) is 5.10 Å². The number of aromatic carboxylic acids is 1. The summed E-state index contributed by atoms with van der Waals surface area (Å²) in [4.78, 5) is 30.3. The lowest BCUT2D eigenvalue weighted by Crippen LogP contribution is -2.32. The number of benzene rings is 3. The van der Waals surface area contributed by atoms with Crippen LogP contribution in [0.2, 0.25) is 5.02 Å². The second-order valence-electron chi connectivity index (χ2n) is 8.32. The second-order valence-corrected chi connectivity index (χ2v) is 9.67. The number of carboxylic acids is 1. The van der Waals surface area contributed by atoms with Crippen molar-refractivity contribution in [3.63, 3.8) is 0 Å². The molecule has 0 aliphatic carbocycles. The molecule has 1 amide bonds. The van der Waals surface area contributed by atoms with Gasteiger partial charge in [-0.2, -0.15) is 4.98 Å². The Labute approximate surface area is 222 Å². The topological polar surface area (TPSA) is 109 Å². The summed E-state index contributed by atoms with van der Waals surface area (Å²) in [6, 6.07) is 22.4. The molecule has 1 atom stereocenters. The largest absolute Gasteiger partial charge is 0.478 e. The minimum Gasteiger partial charge on any atom is -0.478 e. The summed E-state index contributed by atoms with van der Waals surface area (Å²) in [5.74, 6) is -0.495. The van der Waals surface area contributed by atoms with Crippen LogP contribution in [0.4, 0.5) is 11.6 Å². The molecule has 4 aromatic rings. The molecule has 0 saturated heterocycles. The lowest BCUT2D eigenvalue weighted by Gasteiger charge is -2.29. The fourth-order valence-electron chi connectivity index (χ4n) is 4.18. The molecule has 10 heteroatoms. The van der Waals surface area contributed by atoms with Crippen LogP contribution in [-0.2, 0) is 10.5 Å². The fraction of sp³-hybridized carbons (Fsp3) is 0.111. The van der Waals surface area contributed by atoms with Crippen molar-refractivity contribution in [3.05, 3.63) is 112 Å². The van der Waals surface area contributed by atoms with Crippen LogP contribution in [0, 0.1) is 0 Å². The number of para-hydroxylation sites is 1. The predicted molar refractivity (Wildman–Crippen MR) is 144 cm³/mol. The highest BCUT2D eigenvalue weighted by Gasteiger charge is 2.36. The number of hydrogen-bond donors (Lipinski definition) is 3. The Morgan fingerprint density at radius 2 is 1.76 bits per heavy atom. The molecule has 0 radical (unpaired) electrons. The maximum Gasteiger partial charge on any atom is 0.336 e. The highest BCUT2D eigenvalue weighted by Crippen LogP contribution is 2.38. The third kappa shape index (κ3) is 5.09. The Balaban J connectivity index is 1.55. The summed E-state index contributed by atoms with van der Waals surface area (Å²) in [5.41, 5.74) is 2.99. The van der Waals surface area contributed by atoms with Gasteiger partial charge in [-0.05, 0) is 42.3 Å². The summed E-state index contributed by atoms with van der Waals surface area (Å²) in [6.45, 7) is 1.77. The van der Waals surface area contributed by atoms with Crippen molar-refractivity contribution in [1.82, 2.24) is 14.8 Å². The quantitative estimate of drug-likeness (QED) is 0.257. The molecular formula is C27H22ClN5O3S. The van der Waals surface area contributed by atoms with Crippen molar-refractivity contribution in [1.29, 1.82) is 0 Å². The minimum absolute atomic E-state index is 0.0823. The van der Waals surface area contributed by atoms with Crippen LogP contribution in [0.25, 0.3) is 0 Å². The maximum atomic E-state index is 13.6. The van der Waals surface area contributed by atoms with Crippen LogP contribution in [0.5, 0.6) is 0 Å². The number of nitrogens with zero attached hydrogens (tertiary/aromatic N) is 3. The van der Waals surface area contributed by atoms with Gasteiger partial charge in [0.2, 0.25) is 11.1 Å². The average Bonchev–Trinajstić information content (AvgIpc) is 3.30. The van der Waals surface area contributed by atoms with Crippen molar-refractivity contribution in [2.24, 2.45) is 0 Å². The van der Waals surface area contributed by atoms with Crippen molar-refractivity contribution in [3.8, 4) is 0 Å². The van der Waals surface area contributed by atoms with E-state index in [1.807, 2.05) is 42.5 Å². The predicted octanol–water partition coefficient (Wildman–Crippen LogP) is 5.85. The van der Waals surface area contributed by atoms with E-state index >= 15 is 0 Å². The zero-order chi connectivity index (χ0) is 25.9. The van der Waals surface area contributed by atoms with Gasteiger partial charge < -0.3 is 15.7 Å². The molecule has 5 rings (SSSR count). The van der Waals surface area contributed by atoms with Crippen molar-refractivity contribution in [2.45, 2.75) is 23.9 Å². The van der Waals surface area contributed by atoms with E-state index in [1.54, 1.807) is 41.9 Å². The second kappa shape index (κ2) is 10.5. The molecule has 3 aromatic carbocycles. The molecule has 0 spiro atoms. The Bertz CT molecular complexity index is 1520. The molecule has 1 unspecified atom stereocenters. The van der Waals surface area contributed by atoms with Crippen LogP contribution in [-0.4, -0.2) is 31.7 Å².